The Hall–Kier alpha value is -1.90. The van der Waals surface area contributed by atoms with Crippen molar-refractivity contribution in [3.05, 3.63) is 36.0 Å². The number of benzene rings is 1. The standard InChI is InChI=1S/C20H28N4O3S/c25-20(21-7-5-16-13-22-19-4-2-1-3-18(16)19)14-23-8-10-24(11-9-23)17-6-12-28(26,27)15-17/h1-4,13,17,22H,5-12,14-15H2,(H,21,25). The van der Waals surface area contributed by atoms with E-state index in [1.807, 2.05) is 18.3 Å². The first-order valence-corrected chi connectivity index (χ1v) is 11.8. The Kier molecular flexibility index (Phi) is 5.70. The first kappa shape index (κ1) is 19.4. The van der Waals surface area contributed by atoms with E-state index in [2.05, 4.69) is 32.2 Å². The molecule has 0 radical (unpaired) electrons. The van der Waals surface area contributed by atoms with Gasteiger partial charge in [-0.1, -0.05) is 18.2 Å². The molecule has 1 aromatic heterocycles. The molecule has 0 spiro atoms. The van der Waals surface area contributed by atoms with Crippen LogP contribution in [0.15, 0.2) is 30.5 Å². The van der Waals surface area contributed by atoms with E-state index < -0.39 is 9.84 Å². The van der Waals surface area contributed by atoms with Crippen LogP contribution in [0.4, 0.5) is 0 Å². The molecule has 1 unspecified atom stereocenters. The lowest BCUT2D eigenvalue weighted by atomic mass is 10.1. The van der Waals surface area contributed by atoms with Crippen molar-refractivity contribution in [3.8, 4) is 0 Å². The van der Waals surface area contributed by atoms with Gasteiger partial charge in [-0.15, -0.1) is 0 Å². The van der Waals surface area contributed by atoms with Crippen molar-refractivity contribution in [2.24, 2.45) is 0 Å². The van der Waals surface area contributed by atoms with Gasteiger partial charge in [-0.3, -0.25) is 14.6 Å². The summed E-state index contributed by atoms with van der Waals surface area (Å²) in [6, 6.07) is 8.35. The van der Waals surface area contributed by atoms with E-state index >= 15 is 0 Å². The number of H-pyrrole nitrogens is 1. The van der Waals surface area contributed by atoms with E-state index in [0.29, 0.717) is 24.6 Å². The molecule has 1 aromatic carbocycles. The first-order valence-electron chi connectivity index (χ1n) is 9.99. The summed E-state index contributed by atoms with van der Waals surface area (Å²) in [4.78, 5) is 20.0. The number of carbonyl (C=O) groups is 1. The maximum Gasteiger partial charge on any atom is 0.234 e. The van der Waals surface area contributed by atoms with E-state index in [9.17, 15) is 13.2 Å². The predicted molar refractivity (Wildman–Crippen MR) is 110 cm³/mol. The molecule has 2 N–H and O–H groups in total. The van der Waals surface area contributed by atoms with Crippen LogP contribution >= 0.6 is 0 Å². The van der Waals surface area contributed by atoms with Crippen LogP contribution in [0.5, 0.6) is 0 Å². The Morgan fingerprint density at radius 3 is 2.71 bits per heavy atom. The number of fused-ring (bicyclic) bond motifs is 1. The molecule has 2 aliphatic heterocycles. The molecule has 2 fully saturated rings. The summed E-state index contributed by atoms with van der Waals surface area (Å²) in [5, 5.41) is 4.23. The number of hydrogen-bond acceptors (Lipinski definition) is 5. The molecule has 4 rings (SSSR count). The molecule has 28 heavy (non-hydrogen) atoms. The van der Waals surface area contributed by atoms with Crippen molar-refractivity contribution in [2.45, 2.75) is 18.9 Å². The van der Waals surface area contributed by atoms with Crippen molar-refractivity contribution in [3.63, 3.8) is 0 Å². The molecule has 2 aliphatic rings. The topological polar surface area (TPSA) is 85.5 Å². The van der Waals surface area contributed by atoms with Gasteiger partial charge in [-0.05, 0) is 24.5 Å². The van der Waals surface area contributed by atoms with E-state index in [1.165, 1.54) is 10.9 Å². The summed E-state index contributed by atoms with van der Waals surface area (Å²) in [5.41, 5.74) is 2.34. The molecular formula is C20H28N4O3S. The van der Waals surface area contributed by atoms with E-state index in [4.69, 9.17) is 0 Å². The normalized spacial score (nSPS) is 23.2. The summed E-state index contributed by atoms with van der Waals surface area (Å²) < 4.78 is 23.3. The van der Waals surface area contributed by atoms with Crippen molar-refractivity contribution in [2.75, 3.05) is 50.8 Å². The highest BCUT2D eigenvalue weighted by Gasteiger charge is 2.33. The number of aromatic nitrogens is 1. The van der Waals surface area contributed by atoms with Crippen LogP contribution in [0.1, 0.15) is 12.0 Å². The fourth-order valence-corrected chi connectivity index (χ4v) is 6.05. The lowest BCUT2D eigenvalue weighted by Crippen LogP contribution is -2.52. The number of nitrogens with one attached hydrogen (secondary N) is 2. The van der Waals surface area contributed by atoms with Crippen LogP contribution < -0.4 is 5.32 Å². The predicted octanol–water partition coefficient (Wildman–Crippen LogP) is 0.631. The molecule has 1 atom stereocenters. The van der Waals surface area contributed by atoms with Crippen LogP contribution in [0.3, 0.4) is 0 Å². The van der Waals surface area contributed by atoms with Gasteiger partial charge < -0.3 is 10.3 Å². The molecule has 152 valence electrons. The summed E-state index contributed by atoms with van der Waals surface area (Å²) in [7, 11) is -2.84. The van der Waals surface area contributed by atoms with Crippen molar-refractivity contribution < 1.29 is 13.2 Å². The fraction of sp³-hybridized carbons (Fsp3) is 0.550. The second kappa shape index (κ2) is 8.23. The number of piperazine rings is 1. The lowest BCUT2D eigenvalue weighted by Gasteiger charge is -2.37. The van der Waals surface area contributed by atoms with Gasteiger partial charge in [0.25, 0.3) is 0 Å². The second-order valence-corrected chi connectivity index (χ2v) is 10.1. The third kappa shape index (κ3) is 4.56. The van der Waals surface area contributed by atoms with Gasteiger partial charge in [0.05, 0.1) is 18.1 Å². The van der Waals surface area contributed by atoms with Gasteiger partial charge >= 0.3 is 0 Å². The maximum atomic E-state index is 12.3. The summed E-state index contributed by atoms with van der Waals surface area (Å²) in [6.07, 6.45) is 3.57. The van der Waals surface area contributed by atoms with Gasteiger partial charge in [0.2, 0.25) is 5.91 Å². The number of para-hydroxylation sites is 1. The van der Waals surface area contributed by atoms with Crippen molar-refractivity contribution in [1.82, 2.24) is 20.1 Å². The highest BCUT2D eigenvalue weighted by Crippen LogP contribution is 2.19. The Morgan fingerprint density at radius 1 is 1.18 bits per heavy atom. The monoisotopic (exact) mass is 404 g/mol. The van der Waals surface area contributed by atoms with E-state index in [0.717, 1.165) is 44.5 Å². The molecule has 2 aromatic rings. The Morgan fingerprint density at radius 2 is 1.96 bits per heavy atom. The fourth-order valence-electron chi connectivity index (χ4n) is 4.28. The minimum atomic E-state index is -2.84. The molecule has 0 aliphatic carbocycles. The zero-order chi connectivity index (χ0) is 19.6. The third-order valence-corrected chi connectivity index (χ3v) is 7.64. The molecular weight excluding hydrogens is 376 g/mol. The number of aromatic amines is 1. The third-order valence-electron chi connectivity index (χ3n) is 5.89. The molecule has 3 heterocycles. The van der Waals surface area contributed by atoms with Gasteiger partial charge in [-0.25, -0.2) is 8.42 Å². The second-order valence-electron chi connectivity index (χ2n) is 7.83. The smallest absolute Gasteiger partial charge is 0.234 e. The van der Waals surface area contributed by atoms with Gasteiger partial charge in [0.15, 0.2) is 9.84 Å². The first-order chi connectivity index (χ1) is 13.5. The van der Waals surface area contributed by atoms with Crippen molar-refractivity contribution in [1.29, 1.82) is 0 Å². The zero-order valence-corrected chi connectivity index (χ0v) is 16.9. The number of sulfone groups is 1. The van der Waals surface area contributed by atoms with Crippen LogP contribution in [0, 0.1) is 0 Å². The average Bonchev–Trinajstić information content (AvgIpc) is 3.26. The Bertz CT molecular complexity index is 932. The van der Waals surface area contributed by atoms with Crippen LogP contribution in [0.2, 0.25) is 0 Å². The Balaban J connectivity index is 1.18. The van der Waals surface area contributed by atoms with Crippen LogP contribution in [-0.4, -0.2) is 85.9 Å². The lowest BCUT2D eigenvalue weighted by molar-refractivity contribution is -0.122. The minimum Gasteiger partial charge on any atom is -0.361 e. The van der Waals surface area contributed by atoms with Gasteiger partial charge in [-0.2, -0.15) is 0 Å². The molecule has 2 saturated heterocycles. The van der Waals surface area contributed by atoms with Crippen molar-refractivity contribution >= 4 is 26.6 Å². The number of amides is 1. The van der Waals surface area contributed by atoms with Gasteiger partial charge in [0, 0.05) is 55.9 Å². The maximum absolute atomic E-state index is 12.3. The summed E-state index contributed by atoms with van der Waals surface area (Å²) >= 11 is 0. The molecule has 8 heteroatoms. The molecule has 0 saturated carbocycles. The highest BCUT2D eigenvalue weighted by molar-refractivity contribution is 7.91. The quantitative estimate of drug-likeness (QED) is 0.738. The Labute approximate surface area is 166 Å². The SMILES string of the molecule is O=C(CN1CCN(C2CCS(=O)(=O)C2)CC1)NCCc1c[nH]c2ccccc12. The number of rotatable bonds is 6. The van der Waals surface area contributed by atoms with E-state index in [-0.39, 0.29) is 11.9 Å². The summed E-state index contributed by atoms with van der Waals surface area (Å²) in [6.45, 7) is 4.33. The van der Waals surface area contributed by atoms with Crippen LogP contribution in [-0.2, 0) is 21.1 Å². The number of hydrogen-bond donors (Lipinski definition) is 2. The minimum absolute atomic E-state index is 0.0525. The largest absolute Gasteiger partial charge is 0.361 e. The molecule has 7 nitrogen and oxygen atoms in total. The summed E-state index contributed by atoms with van der Waals surface area (Å²) in [5.74, 6) is 0.662. The van der Waals surface area contributed by atoms with E-state index in [1.54, 1.807) is 0 Å². The molecule has 1 amide bonds. The zero-order valence-electron chi connectivity index (χ0n) is 16.1. The highest BCUT2D eigenvalue weighted by atomic mass is 32.2. The van der Waals surface area contributed by atoms with Crippen LogP contribution in [0.25, 0.3) is 10.9 Å². The van der Waals surface area contributed by atoms with Gasteiger partial charge in [0.1, 0.15) is 0 Å². The number of nitrogens with zero attached hydrogens (tertiary/aromatic N) is 2. The average molecular weight is 405 g/mol. The molecule has 0 bridgehead atoms. The number of carbonyl (C=O) groups excluding carboxylic acids is 1.